The molecule has 1 N–H and O–H groups in total. The molecular formula is C18H20N2O5S. The van der Waals surface area contributed by atoms with Gasteiger partial charge < -0.3 is 24.1 Å². The molecule has 0 unspecified atom stereocenters. The van der Waals surface area contributed by atoms with E-state index in [2.05, 4.69) is 5.32 Å². The molecular weight excluding hydrogens is 356 g/mol. The molecule has 138 valence electrons. The number of hydrogen-bond acceptors (Lipinski definition) is 6. The van der Waals surface area contributed by atoms with Gasteiger partial charge in [0.05, 0.1) is 12.0 Å². The molecule has 1 fully saturated rings. The first-order valence-electron chi connectivity index (χ1n) is 8.52. The third-order valence-corrected chi connectivity index (χ3v) is 5.55. The van der Waals surface area contributed by atoms with E-state index in [9.17, 15) is 9.59 Å². The maximum absolute atomic E-state index is 13.1. The molecule has 2 aromatic rings. The quantitative estimate of drug-likeness (QED) is 0.888. The zero-order chi connectivity index (χ0) is 18.3. The third kappa shape index (κ3) is 3.05. The van der Waals surface area contributed by atoms with Gasteiger partial charge in [-0.1, -0.05) is 0 Å². The number of ether oxygens (including phenoxy) is 2. The topological polar surface area (TPSA) is 81.0 Å². The summed E-state index contributed by atoms with van der Waals surface area (Å²) in [7, 11) is 0. The average Bonchev–Trinajstić information content (AvgIpc) is 3.31. The van der Waals surface area contributed by atoms with Crippen molar-refractivity contribution in [1.82, 2.24) is 10.2 Å². The van der Waals surface area contributed by atoms with Crippen LogP contribution in [-0.4, -0.2) is 49.1 Å². The summed E-state index contributed by atoms with van der Waals surface area (Å²) in [5, 5.41) is 4.75. The van der Waals surface area contributed by atoms with Crippen LogP contribution in [0.4, 0.5) is 0 Å². The number of fused-ring (bicyclic) bond motifs is 1. The third-order valence-electron chi connectivity index (χ3n) is 4.62. The second-order valence-electron chi connectivity index (χ2n) is 6.53. The van der Waals surface area contributed by atoms with Gasteiger partial charge in [0, 0.05) is 25.4 Å². The maximum Gasteiger partial charge on any atom is 0.267 e. The largest absolute Gasteiger partial charge is 0.485 e. The van der Waals surface area contributed by atoms with Gasteiger partial charge in [-0.2, -0.15) is 0 Å². The summed E-state index contributed by atoms with van der Waals surface area (Å²) in [6.45, 7) is 5.19. The monoisotopic (exact) mass is 376 g/mol. The highest BCUT2D eigenvalue weighted by Gasteiger charge is 2.40. The van der Waals surface area contributed by atoms with Gasteiger partial charge in [-0.15, -0.1) is 11.3 Å². The predicted molar refractivity (Wildman–Crippen MR) is 95.0 cm³/mol. The van der Waals surface area contributed by atoms with E-state index in [1.54, 1.807) is 10.3 Å². The van der Waals surface area contributed by atoms with Crippen LogP contribution in [0.5, 0.6) is 11.5 Å². The number of likely N-dealkylation sites (tertiary alicyclic amines) is 1. The van der Waals surface area contributed by atoms with E-state index in [0.29, 0.717) is 42.7 Å². The number of nitrogens with one attached hydrogen (secondary N) is 1. The average molecular weight is 376 g/mol. The number of thiophene rings is 1. The van der Waals surface area contributed by atoms with Crippen molar-refractivity contribution in [2.45, 2.75) is 25.8 Å². The van der Waals surface area contributed by atoms with Gasteiger partial charge in [0.15, 0.2) is 11.5 Å². The van der Waals surface area contributed by atoms with E-state index < -0.39 is 0 Å². The molecule has 0 bridgehead atoms. The van der Waals surface area contributed by atoms with Crippen LogP contribution in [0.3, 0.4) is 0 Å². The number of aryl methyl sites for hydroxylation is 1. The molecule has 2 amide bonds. The molecule has 2 atom stereocenters. The summed E-state index contributed by atoms with van der Waals surface area (Å²) >= 11 is 1.32. The fourth-order valence-electron chi connectivity index (χ4n) is 3.47. The number of amides is 2. The minimum Gasteiger partial charge on any atom is -0.485 e. The second kappa shape index (κ2) is 6.68. The SMILES string of the molecule is CC(=O)N[C@@H]1CN(C(=O)c2scc3c2OCCO3)C[C@H]1c1ccc(C)o1. The van der Waals surface area contributed by atoms with Crippen molar-refractivity contribution in [3.8, 4) is 11.5 Å². The van der Waals surface area contributed by atoms with Crippen molar-refractivity contribution in [3.05, 3.63) is 33.9 Å². The van der Waals surface area contributed by atoms with Crippen LogP contribution >= 0.6 is 11.3 Å². The minimum absolute atomic E-state index is 0.0792. The predicted octanol–water partition coefficient (Wildman–Crippen LogP) is 2.17. The Balaban J connectivity index is 1.58. The van der Waals surface area contributed by atoms with Gasteiger partial charge in [-0.05, 0) is 19.1 Å². The van der Waals surface area contributed by atoms with Crippen LogP contribution in [0.1, 0.15) is 34.0 Å². The van der Waals surface area contributed by atoms with Gasteiger partial charge in [-0.3, -0.25) is 9.59 Å². The lowest BCUT2D eigenvalue weighted by molar-refractivity contribution is -0.119. The number of rotatable bonds is 3. The summed E-state index contributed by atoms with van der Waals surface area (Å²) in [5.74, 6) is 2.43. The van der Waals surface area contributed by atoms with Crippen LogP contribution in [0.15, 0.2) is 21.9 Å². The normalized spacial score (nSPS) is 21.7. The molecule has 26 heavy (non-hydrogen) atoms. The Labute approximate surface area is 154 Å². The van der Waals surface area contributed by atoms with Crippen LogP contribution in [0, 0.1) is 6.92 Å². The highest BCUT2D eigenvalue weighted by atomic mass is 32.1. The van der Waals surface area contributed by atoms with Crippen molar-refractivity contribution < 1.29 is 23.5 Å². The molecule has 2 aliphatic rings. The Morgan fingerprint density at radius 2 is 2.04 bits per heavy atom. The fraction of sp³-hybridized carbons (Fsp3) is 0.444. The first kappa shape index (κ1) is 17.0. The van der Waals surface area contributed by atoms with E-state index in [1.807, 2.05) is 19.1 Å². The molecule has 0 saturated carbocycles. The number of nitrogens with zero attached hydrogens (tertiary/aromatic N) is 1. The van der Waals surface area contributed by atoms with E-state index in [4.69, 9.17) is 13.9 Å². The number of hydrogen-bond donors (Lipinski definition) is 1. The van der Waals surface area contributed by atoms with E-state index >= 15 is 0 Å². The van der Waals surface area contributed by atoms with Crippen molar-refractivity contribution in [3.63, 3.8) is 0 Å². The molecule has 4 heterocycles. The molecule has 0 spiro atoms. The van der Waals surface area contributed by atoms with Crippen LogP contribution in [-0.2, 0) is 4.79 Å². The molecule has 2 aromatic heterocycles. The molecule has 2 aliphatic heterocycles. The molecule has 8 heteroatoms. The number of carbonyl (C=O) groups is 2. The van der Waals surface area contributed by atoms with E-state index in [0.717, 1.165) is 11.5 Å². The minimum atomic E-state index is -0.185. The second-order valence-corrected chi connectivity index (χ2v) is 7.41. The summed E-state index contributed by atoms with van der Waals surface area (Å²) in [6.07, 6.45) is 0. The Hall–Kier alpha value is -2.48. The van der Waals surface area contributed by atoms with Crippen molar-refractivity contribution in [1.29, 1.82) is 0 Å². The summed E-state index contributed by atoms with van der Waals surface area (Å²) in [6, 6.07) is 3.62. The molecule has 1 saturated heterocycles. The van der Waals surface area contributed by atoms with Gasteiger partial charge in [0.2, 0.25) is 5.91 Å². The van der Waals surface area contributed by atoms with Gasteiger partial charge in [-0.25, -0.2) is 0 Å². The molecule has 7 nitrogen and oxygen atoms in total. The highest BCUT2D eigenvalue weighted by molar-refractivity contribution is 7.12. The first-order valence-corrected chi connectivity index (χ1v) is 9.40. The Morgan fingerprint density at radius 3 is 2.77 bits per heavy atom. The van der Waals surface area contributed by atoms with Crippen LogP contribution in [0.2, 0.25) is 0 Å². The Bertz CT molecular complexity index is 843. The summed E-state index contributed by atoms with van der Waals surface area (Å²) < 4.78 is 16.9. The lowest BCUT2D eigenvalue weighted by atomic mass is 10.0. The van der Waals surface area contributed by atoms with Crippen molar-refractivity contribution >= 4 is 23.2 Å². The fourth-order valence-corrected chi connectivity index (χ4v) is 4.37. The van der Waals surface area contributed by atoms with Gasteiger partial charge >= 0.3 is 0 Å². The van der Waals surface area contributed by atoms with Crippen molar-refractivity contribution in [2.75, 3.05) is 26.3 Å². The van der Waals surface area contributed by atoms with E-state index in [1.165, 1.54) is 18.3 Å². The lowest BCUT2D eigenvalue weighted by Gasteiger charge is -2.19. The summed E-state index contributed by atoms with van der Waals surface area (Å²) in [4.78, 5) is 26.9. The highest BCUT2D eigenvalue weighted by Crippen LogP contribution is 2.41. The lowest BCUT2D eigenvalue weighted by Crippen LogP contribution is -2.39. The van der Waals surface area contributed by atoms with E-state index in [-0.39, 0.29) is 23.8 Å². The number of furan rings is 1. The zero-order valence-electron chi connectivity index (χ0n) is 14.6. The maximum atomic E-state index is 13.1. The zero-order valence-corrected chi connectivity index (χ0v) is 15.4. The van der Waals surface area contributed by atoms with Gasteiger partial charge in [0.1, 0.15) is 29.6 Å². The summed E-state index contributed by atoms with van der Waals surface area (Å²) in [5.41, 5.74) is 0. The smallest absolute Gasteiger partial charge is 0.267 e. The first-order chi connectivity index (χ1) is 12.5. The van der Waals surface area contributed by atoms with Gasteiger partial charge in [0.25, 0.3) is 5.91 Å². The Morgan fingerprint density at radius 1 is 1.23 bits per heavy atom. The van der Waals surface area contributed by atoms with Crippen molar-refractivity contribution in [2.24, 2.45) is 0 Å². The molecule has 0 radical (unpaired) electrons. The van der Waals surface area contributed by atoms with Crippen LogP contribution < -0.4 is 14.8 Å². The standard InChI is InChI=1S/C18H20N2O5S/c1-10-3-4-14(25-10)12-7-20(8-13(12)19-11(2)21)18(22)17-16-15(9-26-17)23-5-6-24-16/h3-4,9,12-13H,5-8H2,1-2H3,(H,19,21)/t12-,13-/m1/s1. The number of carbonyl (C=O) groups excluding carboxylic acids is 2. The molecule has 4 rings (SSSR count). The van der Waals surface area contributed by atoms with Crippen LogP contribution in [0.25, 0.3) is 0 Å². The molecule has 0 aromatic carbocycles. The molecule has 0 aliphatic carbocycles. The Kier molecular flexibility index (Phi) is 4.36.